The lowest BCUT2D eigenvalue weighted by atomic mass is 10.4. The fraction of sp³-hybridized carbons (Fsp3) is 0.182. The molecule has 2 N–H and O–H groups in total. The number of hydrogen-bond donors (Lipinski definition) is 2. The molecule has 0 spiro atoms. The maximum Gasteiger partial charge on any atom is 0.247 e. The van der Waals surface area contributed by atoms with Crippen LogP contribution in [0.15, 0.2) is 40.4 Å². The molecule has 2 rings (SSSR count). The van der Waals surface area contributed by atoms with Crippen LogP contribution in [-0.4, -0.2) is 23.4 Å². The highest BCUT2D eigenvalue weighted by molar-refractivity contribution is 7.89. The van der Waals surface area contributed by atoms with Crippen molar-refractivity contribution in [2.75, 3.05) is 0 Å². The van der Waals surface area contributed by atoms with E-state index in [9.17, 15) is 13.2 Å². The molecule has 0 amide bonds. The van der Waals surface area contributed by atoms with Crippen LogP contribution in [-0.2, 0) is 16.6 Å². The summed E-state index contributed by atoms with van der Waals surface area (Å²) in [6.45, 7) is 1.83. The quantitative estimate of drug-likeness (QED) is 0.817. The van der Waals surface area contributed by atoms with Gasteiger partial charge in [0.1, 0.15) is 0 Å². The molecule has 0 radical (unpaired) electrons. The van der Waals surface area contributed by atoms with Crippen molar-refractivity contribution < 1.29 is 8.42 Å². The summed E-state index contributed by atoms with van der Waals surface area (Å²) in [5, 5.41) is 0. The Hall–Kier alpha value is -2.06. The average Bonchev–Trinajstić information content (AvgIpc) is 2.39. The van der Waals surface area contributed by atoms with E-state index < -0.39 is 10.0 Å². The van der Waals surface area contributed by atoms with Crippen molar-refractivity contribution in [3.8, 4) is 0 Å². The van der Waals surface area contributed by atoms with Crippen molar-refractivity contribution in [2.24, 2.45) is 0 Å². The molecule has 0 saturated heterocycles. The van der Waals surface area contributed by atoms with E-state index in [1.807, 2.05) is 0 Å². The number of sulfonamides is 1. The van der Waals surface area contributed by atoms with Gasteiger partial charge in [0.05, 0.1) is 29.0 Å². The summed E-state index contributed by atoms with van der Waals surface area (Å²) in [6.07, 6.45) is 4.21. The van der Waals surface area contributed by atoms with Crippen molar-refractivity contribution in [1.29, 1.82) is 0 Å². The second-order valence-electron chi connectivity index (χ2n) is 3.86. The van der Waals surface area contributed by atoms with Crippen LogP contribution in [0.2, 0.25) is 0 Å². The summed E-state index contributed by atoms with van der Waals surface area (Å²) in [5.74, 6) is 0. The van der Waals surface area contributed by atoms with Gasteiger partial charge in [-0.3, -0.25) is 14.8 Å². The molecule has 19 heavy (non-hydrogen) atoms. The fourth-order valence-corrected chi connectivity index (χ4v) is 2.29. The molecule has 0 aliphatic carbocycles. The van der Waals surface area contributed by atoms with Crippen molar-refractivity contribution >= 4 is 10.0 Å². The first-order valence-corrected chi connectivity index (χ1v) is 6.91. The Morgan fingerprint density at radius 3 is 2.63 bits per heavy atom. The predicted molar refractivity (Wildman–Crippen MR) is 67.9 cm³/mol. The van der Waals surface area contributed by atoms with Gasteiger partial charge in [-0.25, -0.2) is 13.1 Å². The summed E-state index contributed by atoms with van der Waals surface area (Å²) in [4.78, 5) is 21.2. The minimum Gasteiger partial charge on any atom is -0.328 e. The molecule has 0 bridgehead atoms. The number of H-pyrrole nitrogens is 1. The molecule has 0 aliphatic rings. The minimum absolute atomic E-state index is 0.00725. The summed E-state index contributed by atoms with van der Waals surface area (Å²) >= 11 is 0. The van der Waals surface area contributed by atoms with Gasteiger partial charge < -0.3 is 4.98 Å². The molecular formula is C11H12N4O3S. The van der Waals surface area contributed by atoms with E-state index >= 15 is 0 Å². The summed E-state index contributed by atoms with van der Waals surface area (Å²) in [5.41, 5.74) is 0.911. The summed E-state index contributed by atoms with van der Waals surface area (Å²) < 4.78 is 26.2. The van der Waals surface area contributed by atoms with Gasteiger partial charge in [0.25, 0.3) is 0 Å². The number of nitrogens with zero attached hydrogens (tertiary/aromatic N) is 2. The lowest BCUT2D eigenvalue weighted by molar-refractivity contribution is 0.579. The van der Waals surface area contributed by atoms with Crippen LogP contribution in [0.3, 0.4) is 0 Å². The maximum atomic E-state index is 11.9. The van der Waals surface area contributed by atoms with Crippen molar-refractivity contribution in [2.45, 2.75) is 18.4 Å². The largest absolute Gasteiger partial charge is 0.328 e. The Balaban J connectivity index is 2.11. The normalized spacial score (nSPS) is 11.4. The van der Waals surface area contributed by atoms with Gasteiger partial charge in [0.2, 0.25) is 15.6 Å². The molecule has 2 aromatic heterocycles. The first-order valence-electron chi connectivity index (χ1n) is 5.43. The van der Waals surface area contributed by atoms with Gasteiger partial charge >= 0.3 is 0 Å². The molecule has 2 aromatic rings. The van der Waals surface area contributed by atoms with Gasteiger partial charge in [0.15, 0.2) is 0 Å². The second kappa shape index (κ2) is 5.29. The number of aromatic nitrogens is 3. The van der Waals surface area contributed by atoms with E-state index in [0.717, 1.165) is 18.0 Å². The van der Waals surface area contributed by atoms with E-state index in [1.165, 1.54) is 12.3 Å². The van der Waals surface area contributed by atoms with Crippen molar-refractivity contribution in [3.05, 3.63) is 52.5 Å². The standard InChI is InChI=1S/C11H12N4O3S/c1-8-4-13-9(5-12-8)6-15-19(17,18)10-2-3-11(16)14-7-10/h2-5,7,15H,6H2,1H3,(H,14,16). The van der Waals surface area contributed by atoms with Gasteiger partial charge in [-0.2, -0.15) is 0 Å². The molecule has 0 atom stereocenters. The zero-order valence-electron chi connectivity index (χ0n) is 10.1. The van der Waals surface area contributed by atoms with Gasteiger partial charge in [0, 0.05) is 18.5 Å². The monoisotopic (exact) mass is 280 g/mol. The Bertz CT molecular complexity index is 702. The zero-order valence-corrected chi connectivity index (χ0v) is 10.9. The maximum absolute atomic E-state index is 11.9. The smallest absolute Gasteiger partial charge is 0.247 e. The molecule has 8 heteroatoms. The lowest BCUT2D eigenvalue weighted by Gasteiger charge is -2.05. The van der Waals surface area contributed by atoms with Crippen LogP contribution >= 0.6 is 0 Å². The van der Waals surface area contributed by atoms with Gasteiger partial charge in [-0.15, -0.1) is 0 Å². The number of pyridine rings is 1. The van der Waals surface area contributed by atoms with E-state index in [4.69, 9.17) is 0 Å². The highest BCUT2D eigenvalue weighted by Gasteiger charge is 2.13. The van der Waals surface area contributed by atoms with Crippen LogP contribution in [0, 0.1) is 6.92 Å². The second-order valence-corrected chi connectivity index (χ2v) is 5.63. The van der Waals surface area contributed by atoms with Crippen LogP contribution in [0.25, 0.3) is 0 Å². The third-order valence-corrected chi connectivity index (χ3v) is 3.74. The Morgan fingerprint density at radius 2 is 2.05 bits per heavy atom. The van der Waals surface area contributed by atoms with E-state index in [2.05, 4.69) is 19.7 Å². The molecule has 0 aliphatic heterocycles. The SMILES string of the molecule is Cc1cnc(CNS(=O)(=O)c2ccc(=O)[nH]c2)cn1. The van der Waals surface area contributed by atoms with Gasteiger partial charge in [-0.05, 0) is 13.0 Å². The highest BCUT2D eigenvalue weighted by Crippen LogP contribution is 2.05. The number of nitrogens with one attached hydrogen (secondary N) is 2. The van der Waals surface area contributed by atoms with Crippen molar-refractivity contribution in [1.82, 2.24) is 19.7 Å². The topological polar surface area (TPSA) is 105 Å². The predicted octanol–water partition coefficient (Wildman–Crippen LogP) is -0.0482. The lowest BCUT2D eigenvalue weighted by Crippen LogP contribution is -2.24. The van der Waals surface area contributed by atoms with E-state index in [0.29, 0.717) is 5.69 Å². The fourth-order valence-electron chi connectivity index (χ4n) is 1.33. The zero-order chi connectivity index (χ0) is 13.9. The Morgan fingerprint density at radius 1 is 1.26 bits per heavy atom. The van der Waals surface area contributed by atoms with Crippen LogP contribution in [0.5, 0.6) is 0 Å². The van der Waals surface area contributed by atoms with E-state index in [1.54, 1.807) is 13.1 Å². The third kappa shape index (κ3) is 3.46. The third-order valence-electron chi connectivity index (χ3n) is 2.34. The number of aromatic amines is 1. The molecular weight excluding hydrogens is 268 g/mol. The molecule has 0 aromatic carbocycles. The molecule has 0 fully saturated rings. The number of hydrogen-bond acceptors (Lipinski definition) is 5. The Kier molecular flexibility index (Phi) is 3.72. The molecule has 0 saturated carbocycles. The Labute approximate surface area is 109 Å². The number of aryl methyl sites for hydroxylation is 1. The number of rotatable bonds is 4. The van der Waals surface area contributed by atoms with Gasteiger partial charge in [-0.1, -0.05) is 0 Å². The average molecular weight is 280 g/mol. The highest BCUT2D eigenvalue weighted by atomic mass is 32.2. The molecule has 7 nitrogen and oxygen atoms in total. The molecule has 2 heterocycles. The minimum atomic E-state index is -3.67. The first-order chi connectivity index (χ1) is 8.97. The molecule has 100 valence electrons. The molecule has 0 unspecified atom stereocenters. The van der Waals surface area contributed by atoms with Crippen LogP contribution < -0.4 is 10.3 Å². The van der Waals surface area contributed by atoms with Crippen molar-refractivity contribution in [3.63, 3.8) is 0 Å². The van der Waals surface area contributed by atoms with Crippen LogP contribution in [0.4, 0.5) is 0 Å². The van der Waals surface area contributed by atoms with E-state index in [-0.39, 0.29) is 17.0 Å². The summed E-state index contributed by atoms with van der Waals surface area (Å²) in [7, 11) is -3.67. The first kappa shape index (κ1) is 13.4. The van der Waals surface area contributed by atoms with Crippen LogP contribution in [0.1, 0.15) is 11.4 Å². The summed E-state index contributed by atoms with van der Waals surface area (Å²) in [6, 6.07) is 2.39.